The lowest BCUT2D eigenvalue weighted by Gasteiger charge is -2.18. The first-order valence-corrected chi connectivity index (χ1v) is 11.3. The van der Waals surface area contributed by atoms with E-state index in [-0.39, 0.29) is 11.4 Å². The van der Waals surface area contributed by atoms with Gasteiger partial charge >= 0.3 is 0 Å². The first kappa shape index (κ1) is 20.2. The molecule has 1 unspecified atom stereocenters. The third-order valence-electron chi connectivity index (χ3n) is 5.08. The average Bonchev–Trinajstić information content (AvgIpc) is 3.01. The zero-order valence-corrected chi connectivity index (χ0v) is 16.5. The molecule has 0 radical (unpaired) electrons. The number of rotatable bonds is 10. The van der Waals surface area contributed by atoms with Crippen LogP contribution in [-0.2, 0) is 16.3 Å². The Balaban J connectivity index is 1.59. The normalized spacial score (nSPS) is 18.2. The lowest BCUT2D eigenvalue weighted by atomic mass is 10.1. The van der Waals surface area contributed by atoms with Crippen molar-refractivity contribution in [2.75, 3.05) is 23.7 Å². The highest BCUT2D eigenvalue weighted by molar-refractivity contribution is 7.91. The van der Waals surface area contributed by atoms with E-state index in [1.807, 2.05) is 0 Å². The smallest absolute Gasteiger partial charge is 0.152 e. The van der Waals surface area contributed by atoms with Gasteiger partial charge in [0.25, 0.3) is 0 Å². The number of anilines is 1. The summed E-state index contributed by atoms with van der Waals surface area (Å²) < 4.78 is 23.5. The molecule has 1 saturated heterocycles. The Morgan fingerprint density at radius 2 is 1.72 bits per heavy atom. The van der Waals surface area contributed by atoms with E-state index in [2.05, 4.69) is 29.2 Å². The van der Waals surface area contributed by atoms with Crippen molar-refractivity contribution >= 4 is 15.5 Å². The van der Waals surface area contributed by atoms with Crippen LogP contribution in [0.2, 0.25) is 0 Å². The van der Waals surface area contributed by atoms with Gasteiger partial charge in [-0.25, -0.2) is 8.42 Å². The molecule has 1 N–H and O–H groups in total. The maximum absolute atomic E-state index is 11.7. The van der Waals surface area contributed by atoms with Gasteiger partial charge in [0.1, 0.15) is 0 Å². The van der Waals surface area contributed by atoms with Crippen molar-refractivity contribution < 1.29 is 13.5 Å². The number of aliphatic hydroxyl groups is 1. The Labute approximate surface area is 153 Å². The standard InChI is InChI=1S/C20H33NO3S/c1-17(2)25(23,24)15-7-5-3-4-6-8-18-9-11-19(12-10-18)21-14-13-20(22)16-21/h9-12,17,20,22H,3-8,13-16H2,1-2H3. The van der Waals surface area contributed by atoms with Gasteiger partial charge in [0, 0.05) is 18.8 Å². The summed E-state index contributed by atoms with van der Waals surface area (Å²) in [4.78, 5) is 2.24. The van der Waals surface area contributed by atoms with Crippen LogP contribution in [0.1, 0.15) is 57.9 Å². The molecular weight excluding hydrogens is 334 g/mol. The Morgan fingerprint density at radius 3 is 2.32 bits per heavy atom. The van der Waals surface area contributed by atoms with Crippen LogP contribution in [0.3, 0.4) is 0 Å². The van der Waals surface area contributed by atoms with Crippen LogP contribution in [0, 0.1) is 0 Å². The molecule has 5 heteroatoms. The largest absolute Gasteiger partial charge is 0.391 e. The summed E-state index contributed by atoms with van der Waals surface area (Å²) >= 11 is 0. The SMILES string of the molecule is CC(C)S(=O)(=O)CCCCCCCc1ccc(N2CCC(O)C2)cc1. The Hall–Kier alpha value is -1.07. The summed E-state index contributed by atoms with van der Waals surface area (Å²) in [6, 6.07) is 8.69. The zero-order chi connectivity index (χ0) is 18.3. The second kappa shape index (κ2) is 9.58. The highest BCUT2D eigenvalue weighted by atomic mass is 32.2. The highest BCUT2D eigenvalue weighted by Gasteiger charge is 2.20. The number of aryl methyl sites for hydroxylation is 1. The topological polar surface area (TPSA) is 57.6 Å². The van der Waals surface area contributed by atoms with E-state index in [4.69, 9.17) is 0 Å². The maximum atomic E-state index is 11.7. The van der Waals surface area contributed by atoms with Gasteiger partial charge in [0.05, 0.1) is 17.1 Å². The molecule has 0 saturated carbocycles. The summed E-state index contributed by atoms with van der Waals surface area (Å²) in [7, 11) is -2.87. The molecule has 0 aromatic heterocycles. The molecule has 1 aromatic carbocycles. The van der Waals surface area contributed by atoms with Crippen LogP contribution in [0.5, 0.6) is 0 Å². The van der Waals surface area contributed by atoms with E-state index >= 15 is 0 Å². The van der Waals surface area contributed by atoms with Gasteiger partial charge in [-0.2, -0.15) is 0 Å². The van der Waals surface area contributed by atoms with Gasteiger partial charge in [0.2, 0.25) is 0 Å². The van der Waals surface area contributed by atoms with Crippen LogP contribution >= 0.6 is 0 Å². The summed E-state index contributed by atoms with van der Waals surface area (Å²) in [6.07, 6.45) is 6.96. The Kier molecular flexibility index (Phi) is 7.76. The summed E-state index contributed by atoms with van der Waals surface area (Å²) in [5, 5.41) is 9.37. The Bertz CT molecular complexity index is 610. The number of sulfone groups is 1. The lowest BCUT2D eigenvalue weighted by Crippen LogP contribution is -2.20. The molecular formula is C20H33NO3S. The molecule has 1 aromatic rings. The molecule has 1 aliphatic rings. The van der Waals surface area contributed by atoms with Gasteiger partial charge in [0.15, 0.2) is 9.84 Å². The van der Waals surface area contributed by atoms with Crippen molar-refractivity contribution in [3.8, 4) is 0 Å². The summed E-state index contributed by atoms with van der Waals surface area (Å²) in [6.45, 7) is 5.19. The zero-order valence-electron chi connectivity index (χ0n) is 15.7. The van der Waals surface area contributed by atoms with Crippen LogP contribution in [0.15, 0.2) is 24.3 Å². The van der Waals surface area contributed by atoms with Gasteiger partial charge in [-0.15, -0.1) is 0 Å². The fourth-order valence-electron chi connectivity index (χ4n) is 3.25. The van der Waals surface area contributed by atoms with E-state index in [0.717, 1.165) is 58.0 Å². The second-order valence-corrected chi connectivity index (χ2v) is 10.2. The first-order chi connectivity index (χ1) is 11.9. The fraction of sp³-hybridized carbons (Fsp3) is 0.700. The molecule has 0 aliphatic carbocycles. The van der Waals surface area contributed by atoms with Crippen molar-refractivity contribution in [1.82, 2.24) is 0 Å². The van der Waals surface area contributed by atoms with Gasteiger partial charge in [-0.3, -0.25) is 0 Å². The molecule has 0 amide bonds. The van der Waals surface area contributed by atoms with E-state index in [9.17, 15) is 13.5 Å². The van der Waals surface area contributed by atoms with Crippen LogP contribution in [0.4, 0.5) is 5.69 Å². The second-order valence-electron chi connectivity index (χ2n) is 7.49. The monoisotopic (exact) mass is 367 g/mol. The van der Waals surface area contributed by atoms with E-state index < -0.39 is 9.84 Å². The molecule has 2 rings (SSSR count). The Morgan fingerprint density at radius 1 is 1.08 bits per heavy atom. The number of nitrogens with zero attached hydrogens (tertiary/aromatic N) is 1. The molecule has 1 heterocycles. The molecule has 142 valence electrons. The van der Waals surface area contributed by atoms with Gasteiger partial charge < -0.3 is 10.0 Å². The molecule has 1 atom stereocenters. The van der Waals surface area contributed by atoms with E-state index in [1.165, 1.54) is 11.3 Å². The van der Waals surface area contributed by atoms with Crippen molar-refractivity contribution in [2.24, 2.45) is 0 Å². The average molecular weight is 368 g/mol. The predicted molar refractivity (Wildman–Crippen MR) is 105 cm³/mol. The number of unbranched alkanes of at least 4 members (excludes halogenated alkanes) is 4. The first-order valence-electron chi connectivity index (χ1n) is 9.62. The maximum Gasteiger partial charge on any atom is 0.152 e. The molecule has 0 bridgehead atoms. The van der Waals surface area contributed by atoms with Crippen molar-refractivity contribution in [2.45, 2.75) is 70.1 Å². The highest BCUT2D eigenvalue weighted by Crippen LogP contribution is 2.21. The number of hydrogen-bond acceptors (Lipinski definition) is 4. The summed E-state index contributed by atoms with van der Waals surface area (Å²) in [5.41, 5.74) is 2.55. The molecule has 25 heavy (non-hydrogen) atoms. The van der Waals surface area contributed by atoms with E-state index in [0.29, 0.717) is 5.75 Å². The van der Waals surface area contributed by atoms with Crippen molar-refractivity contribution in [3.63, 3.8) is 0 Å². The third kappa shape index (κ3) is 6.63. The number of β-amino-alcohol motifs (C(OH)–C–C–N with tert-alkyl or cyclic N) is 1. The van der Waals surface area contributed by atoms with Crippen LogP contribution in [-0.4, -0.2) is 43.7 Å². The minimum absolute atomic E-state index is 0.185. The minimum atomic E-state index is -2.87. The van der Waals surface area contributed by atoms with Gasteiger partial charge in [-0.05, 0) is 57.2 Å². The van der Waals surface area contributed by atoms with E-state index in [1.54, 1.807) is 13.8 Å². The number of benzene rings is 1. The summed E-state index contributed by atoms with van der Waals surface area (Å²) in [5.74, 6) is 0.331. The quantitative estimate of drug-likeness (QED) is 0.642. The van der Waals surface area contributed by atoms with Crippen LogP contribution in [0.25, 0.3) is 0 Å². The molecule has 1 fully saturated rings. The predicted octanol–water partition coefficient (Wildman–Crippen LogP) is 3.57. The van der Waals surface area contributed by atoms with Crippen molar-refractivity contribution in [3.05, 3.63) is 29.8 Å². The third-order valence-corrected chi connectivity index (χ3v) is 7.37. The molecule has 4 nitrogen and oxygen atoms in total. The number of aliphatic hydroxyl groups excluding tert-OH is 1. The molecule has 0 spiro atoms. The molecule has 1 aliphatic heterocycles. The number of hydrogen-bond donors (Lipinski definition) is 1. The van der Waals surface area contributed by atoms with Crippen molar-refractivity contribution in [1.29, 1.82) is 0 Å². The lowest BCUT2D eigenvalue weighted by molar-refractivity contribution is 0.198. The van der Waals surface area contributed by atoms with Gasteiger partial charge in [-0.1, -0.05) is 31.4 Å². The van der Waals surface area contributed by atoms with Crippen LogP contribution < -0.4 is 4.90 Å². The minimum Gasteiger partial charge on any atom is -0.391 e. The fourth-order valence-corrected chi connectivity index (χ4v) is 4.33.